The standard InChI is InChI=1S/C15H17NO3/c1-16-15(18)19-13-9-7-12(8-10-13)14(17)11-5-3-2-4-6-11/h5,7-10H,2-4,6H2,1H3,(H,16,18). The molecule has 4 heteroatoms. The molecule has 0 fully saturated rings. The Morgan fingerprint density at radius 1 is 1.16 bits per heavy atom. The van der Waals surface area contributed by atoms with Crippen LogP contribution in [0, 0.1) is 0 Å². The van der Waals surface area contributed by atoms with E-state index in [0.717, 1.165) is 31.3 Å². The Kier molecular flexibility index (Phi) is 4.34. The van der Waals surface area contributed by atoms with Crippen molar-refractivity contribution in [3.05, 3.63) is 41.5 Å². The van der Waals surface area contributed by atoms with Crippen LogP contribution < -0.4 is 10.1 Å². The SMILES string of the molecule is CNC(=O)Oc1ccc(C(=O)C2=CCCCC2)cc1. The van der Waals surface area contributed by atoms with Crippen molar-refractivity contribution in [1.29, 1.82) is 0 Å². The first-order valence-electron chi connectivity index (χ1n) is 6.44. The third-order valence-corrected chi connectivity index (χ3v) is 3.11. The molecule has 0 radical (unpaired) electrons. The molecule has 1 N–H and O–H groups in total. The Balaban J connectivity index is 2.07. The first kappa shape index (κ1) is 13.3. The van der Waals surface area contributed by atoms with E-state index in [1.54, 1.807) is 24.3 Å². The summed E-state index contributed by atoms with van der Waals surface area (Å²) in [4.78, 5) is 23.2. The van der Waals surface area contributed by atoms with Crippen molar-refractivity contribution in [1.82, 2.24) is 5.32 Å². The van der Waals surface area contributed by atoms with Crippen LogP contribution in [0.2, 0.25) is 0 Å². The molecule has 2 rings (SSSR count). The zero-order valence-electron chi connectivity index (χ0n) is 10.9. The molecule has 4 nitrogen and oxygen atoms in total. The van der Waals surface area contributed by atoms with Crippen molar-refractivity contribution in [3.8, 4) is 5.75 Å². The minimum atomic E-state index is -0.519. The van der Waals surface area contributed by atoms with E-state index in [2.05, 4.69) is 5.32 Å². The van der Waals surface area contributed by atoms with E-state index in [0.29, 0.717) is 11.3 Å². The van der Waals surface area contributed by atoms with E-state index in [1.165, 1.54) is 7.05 Å². The third-order valence-electron chi connectivity index (χ3n) is 3.11. The van der Waals surface area contributed by atoms with Gasteiger partial charge in [-0.1, -0.05) is 6.08 Å². The van der Waals surface area contributed by atoms with Gasteiger partial charge in [-0.3, -0.25) is 4.79 Å². The maximum Gasteiger partial charge on any atom is 0.412 e. The highest BCUT2D eigenvalue weighted by molar-refractivity contribution is 6.08. The molecule has 1 aromatic carbocycles. The number of rotatable bonds is 3. The minimum absolute atomic E-state index is 0.0752. The Labute approximate surface area is 112 Å². The maximum absolute atomic E-state index is 12.2. The predicted octanol–water partition coefficient (Wildman–Crippen LogP) is 3.09. The van der Waals surface area contributed by atoms with Gasteiger partial charge < -0.3 is 10.1 Å². The topological polar surface area (TPSA) is 55.4 Å². The molecular weight excluding hydrogens is 242 g/mol. The normalized spacial score (nSPS) is 14.5. The molecule has 0 atom stereocenters. The first-order valence-corrected chi connectivity index (χ1v) is 6.44. The average Bonchev–Trinajstić information content (AvgIpc) is 2.48. The number of allylic oxidation sites excluding steroid dienone is 2. The molecule has 100 valence electrons. The van der Waals surface area contributed by atoms with Crippen LogP contribution in [0.15, 0.2) is 35.9 Å². The number of nitrogens with one attached hydrogen (secondary N) is 1. The van der Waals surface area contributed by atoms with Crippen molar-refractivity contribution < 1.29 is 14.3 Å². The molecule has 1 amide bonds. The summed E-state index contributed by atoms with van der Waals surface area (Å²) in [6.45, 7) is 0. The quantitative estimate of drug-likeness (QED) is 0.849. The summed E-state index contributed by atoms with van der Waals surface area (Å²) in [6.07, 6.45) is 5.59. The molecule has 0 spiro atoms. The third kappa shape index (κ3) is 3.44. The van der Waals surface area contributed by atoms with E-state index in [1.807, 2.05) is 6.08 Å². The lowest BCUT2D eigenvalue weighted by molar-refractivity contribution is 0.102. The molecule has 0 bridgehead atoms. The van der Waals surface area contributed by atoms with Crippen molar-refractivity contribution in [2.24, 2.45) is 0 Å². The van der Waals surface area contributed by atoms with E-state index in [4.69, 9.17) is 4.74 Å². The number of ether oxygens (including phenoxy) is 1. The number of carbonyl (C=O) groups is 2. The number of ketones is 1. The number of benzene rings is 1. The van der Waals surface area contributed by atoms with Gasteiger partial charge in [0, 0.05) is 12.6 Å². The van der Waals surface area contributed by atoms with Crippen LogP contribution in [0.3, 0.4) is 0 Å². The Bertz CT molecular complexity index is 503. The summed E-state index contributed by atoms with van der Waals surface area (Å²) in [5.41, 5.74) is 1.53. The van der Waals surface area contributed by atoms with Crippen LogP contribution in [0.25, 0.3) is 0 Å². The highest BCUT2D eigenvalue weighted by Crippen LogP contribution is 2.22. The fourth-order valence-corrected chi connectivity index (χ4v) is 2.06. The summed E-state index contributed by atoms with van der Waals surface area (Å²) in [5.74, 6) is 0.500. The second-order valence-electron chi connectivity index (χ2n) is 4.47. The average molecular weight is 259 g/mol. The number of amides is 1. The van der Waals surface area contributed by atoms with Crippen molar-refractivity contribution in [3.63, 3.8) is 0 Å². The summed E-state index contributed by atoms with van der Waals surface area (Å²) in [7, 11) is 1.50. The number of hydrogen-bond acceptors (Lipinski definition) is 3. The highest BCUT2D eigenvalue weighted by atomic mass is 16.5. The highest BCUT2D eigenvalue weighted by Gasteiger charge is 2.14. The minimum Gasteiger partial charge on any atom is -0.410 e. The van der Waals surface area contributed by atoms with Crippen molar-refractivity contribution >= 4 is 11.9 Å². The van der Waals surface area contributed by atoms with Gasteiger partial charge in [0.1, 0.15) is 5.75 Å². The summed E-state index contributed by atoms with van der Waals surface area (Å²) >= 11 is 0. The van der Waals surface area contributed by atoms with E-state index in [-0.39, 0.29) is 5.78 Å². The zero-order valence-corrected chi connectivity index (χ0v) is 10.9. The summed E-state index contributed by atoms with van der Waals surface area (Å²) in [6, 6.07) is 6.64. The van der Waals surface area contributed by atoms with Gasteiger partial charge in [-0.15, -0.1) is 0 Å². The Morgan fingerprint density at radius 2 is 1.89 bits per heavy atom. The largest absolute Gasteiger partial charge is 0.412 e. The van der Waals surface area contributed by atoms with Gasteiger partial charge >= 0.3 is 6.09 Å². The predicted molar refractivity (Wildman–Crippen MR) is 72.4 cm³/mol. The molecular formula is C15H17NO3. The first-order chi connectivity index (χ1) is 9.20. The lowest BCUT2D eigenvalue weighted by Gasteiger charge is -2.11. The molecule has 0 aliphatic heterocycles. The van der Waals surface area contributed by atoms with E-state index in [9.17, 15) is 9.59 Å². The lowest BCUT2D eigenvalue weighted by atomic mass is 9.93. The van der Waals surface area contributed by atoms with Crippen LogP contribution in [0.1, 0.15) is 36.0 Å². The fourth-order valence-electron chi connectivity index (χ4n) is 2.06. The van der Waals surface area contributed by atoms with Gasteiger partial charge in [0.2, 0.25) is 0 Å². The summed E-state index contributed by atoms with van der Waals surface area (Å²) < 4.78 is 4.97. The maximum atomic E-state index is 12.2. The Hall–Kier alpha value is -2.10. The van der Waals surface area contributed by atoms with Crippen molar-refractivity contribution in [2.45, 2.75) is 25.7 Å². The zero-order chi connectivity index (χ0) is 13.7. The summed E-state index contributed by atoms with van der Waals surface area (Å²) in [5, 5.41) is 2.37. The lowest BCUT2D eigenvalue weighted by Crippen LogP contribution is -2.22. The molecule has 19 heavy (non-hydrogen) atoms. The van der Waals surface area contributed by atoms with Gasteiger partial charge in [-0.2, -0.15) is 0 Å². The van der Waals surface area contributed by atoms with Crippen LogP contribution in [0.4, 0.5) is 4.79 Å². The van der Waals surface area contributed by atoms with Gasteiger partial charge in [-0.25, -0.2) is 4.79 Å². The molecule has 0 unspecified atom stereocenters. The van der Waals surface area contributed by atoms with E-state index < -0.39 is 6.09 Å². The molecule has 0 heterocycles. The number of hydrogen-bond donors (Lipinski definition) is 1. The van der Waals surface area contributed by atoms with Crippen LogP contribution in [-0.2, 0) is 0 Å². The molecule has 1 aromatic rings. The van der Waals surface area contributed by atoms with Gasteiger partial charge in [-0.05, 0) is 55.5 Å². The van der Waals surface area contributed by atoms with Gasteiger partial charge in [0.15, 0.2) is 5.78 Å². The monoisotopic (exact) mass is 259 g/mol. The molecule has 0 saturated carbocycles. The van der Waals surface area contributed by atoms with Gasteiger partial charge in [0.05, 0.1) is 0 Å². The van der Waals surface area contributed by atoms with E-state index >= 15 is 0 Å². The van der Waals surface area contributed by atoms with Crippen LogP contribution in [0.5, 0.6) is 5.75 Å². The molecule has 1 aliphatic carbocycles. The smallest absolute Gasteiger partial charge is 0.410 e. The van der Waals surface area contributed by atoms with Crippen LogP contribution >= 0.6 is 0 Å². The number of Topliss-reactive ketones (excluding diaryl/α,β-unsaturated/α-hetero) is 1. The fraction of sp³-hybridized carbons (Fsp3) is 0.333. The molecule has 1 aliphatic rings. The second-order valence-corrected chi connectivity index (χ2v) is 4.47. The van der Waals surface area contributed by atoms with Gasteiger partial charge in [0.25, 0.3) is 0 Å². The Morgan fingerprint density at radius 3 is 2.47 bits per heavy atom. The number of carbonyl (C=O) groups excluding carboxylic acids is 2. The van der Waals surface area contributed by atoms with Crippen LogP contribution in [-0.4, -0.2) is 18.9 Å². The van der Waals surface area contributed by atoms with Crippen molar-refractivity contribution in [2.75, 3.05) is 7.05 Å². The molecule has 0 saturated heterocycles. The second kappa shape index (κ2) is 6.18. The molecule has 0 aromatic heterocycles.